The molecule has 0 saturated carbocycles. The molecule has 0 aromatic rings. The number of nitrogens with zero attached hydrogens (tertiary/aromatic N) is 1. The van der Waals surface area contributed by atoms with Gasteiger partial charge < -0.3 is 9.47 Å². The second kappa shape index (κ2) is 4.36. The van der Waals surface area contributed by atoms with E-state index >= 15 is 0 Å². The molecule has 0 radical (unpaired) electrons. The van der Waals surface area contributed by atoms with Gasteiger partial charge in [-0.25, -0.2) is 4.79 Å². The first-order valence-corrected chi connectivity index (χ1v) is 7.07. The molecule has 8 heteroatoms. The van der Waals surface area contributed by atoms with Crippen molar-refractivity contribution >= 4 is 16.4 Å². The number of fused-ring (bicyclic) bond motifs is 1. The smallest absolute Gasteiger partial charge is 0.426 e. The Morgan fingerprint density at radius 1 is 1.28 bits per heavy atom. The van der Waals surface area contributed by atoms with Crippen LogP contribution in [0.2, 0.25) is 0 Å². The van der Waals surface area contributed by atoms with E-state index in [-0.39, 0.29) is 19.1 Å². The second-order valence-corrected chi connectivity index (χ2v) is 6.87. The van der Waals surface area contributed by atoms with Gasteiger partial charge in [0, 0.05) is 5.92 Å². The minimum atomic E-state index is -4.07. The highest BCUT2D eigenvalue weighted by Gasteiger charge is 2.49. The zero-order chi connectivity index (χ0) is 13.6. The maximum Gasteiger partial charge on any atom is 0.426 e. The van der Waals surface area contributed by atoms with E-state index in [0.717, 1.165) is 0 Å². The molecule has 0 bridgehead atoms. The lowest BCUT2D eigenvalue weighted by Crippen LogP contribution is -2.54. The first kappa shape index (κ1) is 13.6. The van der Waals surface area contributed by atoms with Crippen LogP contribution in [0.4, 0.5) is 4.79 Å². The van der Waals surface area contributed by atoms with E-state index < -0.39 is 28.0 Å². The molecule has 0 unspecified atom stereocenters. The van der Waals surface area contributed by atoms with Crippen LogP contribution in [0.1, 0.15) is 20.8 Å². The van der Waals surface area contributed by atoms with Gasteiger partial charge in [-0.05, 0) is 20.8 Å². The van der Waals surface area contributed by atoms with Gasteiger partial charge in [-0.3, -0.25) is 4.18 Å². The first-order chi connectivity index (χ1) is 8.21. The summed E-state index contributed by atoms with van der Waals surface area (Å²) in [4.78, 5) is 12.0. The van der Waals surface area contributed by atoms with E-state index in [1.54, 1.807) is 20.8 Å². The van der Waals surface area contributed by atoms with Crippen LogP contribution in [0.5, 0.6) is 0 Å². The van der Waals surface area contributed by atoms with Crippen LogP contribution >= 0.6 is 0 Å². The molecule has 2 heterocycles. The predicted octanol–water partition coefficient (Wildman–Crippen LogP) is 0.514. The van der Waals surface area contributed by atoms with Gasteiger partial charge in [0.25, 0.3) is 0 Å². The Hall–Kier alpha value is -0.860. The normalized spacial score (nSPS) is 30.9. The first-order valence-electron chi connectivity index (χ1n) is 5.70. The fourth-order valence-corrected chi connectivity index (χ4v) is 3.18. The molecule has 2 atom stereocenters. The largest absolute Gasteiger partial charge is 0.443 e. The fourth-order valence-electron chi connectivity index (χ4n) is 1.94. The molecule has 104 valence electrons. The highest BCUT2D eigenvalue weighted by molar-refractivity contribution is 7.85. The van der Waals surface area contributed by atoms with Crippen LogP contribution in [-0.4, -0.2) is 50.3 Å². The van der Waals surface area contributed by atoms with Crippen molar-refractivity contribution in [2.24, 2.45) is 5.92 Å². The summed E-state index contributed by atoms with van der Waals surface area (Å²) in [7, 11) is -4.07. The molecular weight excluding hydrogens is 262 g/mol. The van der Waals surface area contributed by atoms with Crippen molar-refractivity contribution in [1.82, 2.24) is 4.31 Å². The lowest BCUT2D eigenvalue weighted by Gasteiger charge is -2.35. The van der Waals surface area contributed by atoms with Crippen LogP contribution in [0, 0.1) is 5.92 Å². The molecule has 7 nitrogen and oxygen atoms in total. The molecular formula is C10H17NO6S. The number of hydrogen-bond donors (Lipinski definition) is 0. The van der Waals surface area contributed by atoms with Gasteiger partial charge in [-0.2, -0.15) is 12.7 Å². The Morgan fingerprint density at radius 3 is 2.56 bits per heavy atom. The maximum atomic E-state index is 12.0. The average molecular weight is 279 g/mol. The standard InChI is InChI=1S/C10H17NO6S/c1-10(2,3)17-9(12)11-8-6-15-4-7(8)5-16-18(11,13)14/h7-8H,4-6H2,1-3H3/t7-,8-/m0/s1. The van der Waals surface area contributed by atoms with Crippen LogP contribution in [-0.2, 0) is 24.0 Å². The molecule has 2 saturated heterocycles. The summed E-state index contributed by atoms with van der Waals surface area (Å²) in [6, 6.07) is -0.529. The molecule has 2 rings (SSSR count). The molecule has 0 spiro atoms. The maximum absolute atomic E-state index is 12.0. The average Bonchev–Trinajstić information content (AvgIpc) is 2.60. The molecule has 0 aromatic heterocycles. The summed E-state index contributed by atoms with van der Waals surface area (Å²) >= 11 is 0. The molecule has 2 aliphatic heterocycles. The Bertz CT molecular complexity index is 440. The highest BCUT2D eigenvalue weighted by atomic mass is 32.2. The van der Waals surface area contributed by atoms with E-state index in [4.69, 9.17) is 13.7 Å². The fraction of sp³-hybridized carbons (Fsp3) is 0.900. The van der Waals surface area contributed by atoms with E-state index in [0.29, 0.717) is 10.9 Å². The van der Waals surface area contributed by atoms with Gasteiger partial charge in [0.15, 0.2) is 0 Å². The third kappa shape index (κ3) is 2.60. The van der Waals surface area contributed by atoms with Crippen molar-refractivity contribution in [1.29, 1.82) is 0 Å². The molecule has 2 aliphatic rings. The third-order valence-corrected chi connectivity index (χ3v) is 4.05. The Morgan fingerprint density at radius 2 is 1.94 bits per heavy atom. The Labute approximate surface area is 106 Å². The molecule has 0 aliphatic carbocycles. The Balaban J connectivity index is 2.23. The summed E-state index contributed by atoms with van der Waals surface area (Å²) in [5, 5.41) is 0. The van der Waals surface area contributed by atoms with Gasteiger partial charge in [-0.15, -0.1) is 0 Å². The van der Waals surface area contributed by atoms with Crippen molar-refractivity contribution in [2.75, 3.05) is 19.8 Å². The van der Waals surface area contributed by atoms with Crippen molar-refractivity contribution in [3.63, 3.8) is 0 Å². The molecule has 18 heavy (non-hydrogen) atoms. The lowest BCUT2D eigenvalue weighted by molar-refractivity contribution is 0.0216. The molecule has 0 aromatic carbocycles. The number of carbonyl (C=O) groups is 1. The Kier molecular flexibility index (Phi) is 3.28. The van der Waals surface area contributed by atoms with Crippen LogP contribution in [0.3, 0.4) is 0 Å². The minimum Gasteiger partial charge on any atom is -0.443 e. The van der Waals surface area contributed by atoms with E-state index in [9.17, 15) is 13.2 Å². The van der Waals surface area contributed by atoms with Crippen LogP contribution in [0.15, 0.2) is 0 Å². The van der Waals surface area contributed by atoms with E-state index in [2.05, 4.69) is 0 Å². The summed E-state index contributed by atoms with van der Waals surface area (Å²) in [5.41, 5.74) is -0.765. The van der Waals surface area contributed by atoms with E-state index in [1.165, 1.54) is 0 Å². The number of rotatable bonds is 0. The van der Waals surface area contributed by atoms with Crippen molar-refractivity contribution in [3.05, 3.63) is 0 Å². The summed E-state index contributed by atoms with van der Waals surface area (Å²) in [6.45, 7) is 5.64. The quantitative estimate of drug-likeness (QED) is 0.642. The molecule has 0 N–H and O–H groups in total. The second-order valence-electron chi connectivity index (χ2n) is 5.38. The number of hydrogen-bond acceptors (Lipinski definition) is 6. The number of carbonyl (C=O) groups excluding carboxylic acids is 1. The van der Waals surface area contributed by atoms with Crippen LogP contribution in [0.25, 0.3) is 0 Å². The minimum absolute atomic E-state index is 0.0479. The topological polar surface area (TPSA) is 82.1 Å². The van der Waals surface area contributed by atoms with Gasteiger partial charge in [0.2, 0.25) is 0 Å². The SMILES string of the molecule is CC(C)(C)OC(=O)N1[C@H]2COC[C@H]2COS1(=O)=O. The monoisotopic (exact) mass is 279 g/mol. The zero-order valence-electron chi connectivity index (χ0n) is 10.6. The third-order valence-electron chi connectivity index (χ3n) is 2.71. The lowest BCUT2D eigenvalue weighted by atomic mass is 10.1. The molecule has 2 fully saturated rings. The van der Waals surface area contributed by atoms with Crippen molar-refractivity contribution < 1.29 is 26.9 Å². The summed E-state index contributed by atoms with van der Waals surface area (Å²) < 4.78 is 39.3. The van der Waals surface area contributed by atoms with Gasteiger partial charge in [0.05, 0.1) is 25.9 Å². The van der Waals surface area contributed by atoms with Gasteiger partial charge in [0.1, 0.15) is 5.60 Å². The van der Waals surface area contributed by atoms with Gasteiger partial charge in [-0.1, -0.05) is 0 Å². The summed E-state index contributed by atoms with van der Waals surface area (Å²) in [6.07, 6.45) is -0.914. The van der Waals surface area contributed by atoms with Gasteiger partial charge >= 0.3 is 16.4 Å². The summed E-state index contributed by atoms with van der Waals surface area (Å²) in [5.74, 6) is -0.124. The van der Waals surface area contributed by atoms with Crippen molar-refractivity contribution in [3.8, 4) is 0 Å². The number of ether oxygens (including phenoxy) is 2. The number of amides is 1. The zero-order valence-corrected chi connectivity index (χ0v) is 11.4. The molecule has 1 amide bonds. The van der Waals surface area contributed by atoms with Crippen LogP contribution < -0.4 is 0 Å². The predicted molar refractivity (Wildman–Crippen MR) is 61.0 cm³/mol. The highest BCUT2D eigenvalue weighted by Crippen LogP contribution is 2.30. The van der Waals surface area contributed by atoms with Crippen molar-refractivity contribution in [2.45, 2.75) is 32.4 Å². The van der Waals surface area contributed by atoms with E-state index in [1.807, 2.05) is 0 Å².